The number of halogens is 1. The first-order valence-electron chi connectivity index (χ1n) is 7.91. The molecule has 0 aromatic carbocycles. The van der Waals surface area contributed by atoms with E-state index < -0.39 is 23.7 Å². The van der Waals surface area contributed by atoms with Crippen LogP contribution in [-0.4, -0.2) is 58.1 Å². The van der Waals surface area contributed by atoms with Gasteiger partial charge in [0.1, 0.15) is 23.4 Å². The molecule has 1 N–H and O–H groups in total. The van der Waals surface area contributed by atoms with E-state index in [4.69, 9.17) is 26.5 Å². The van der Waals surface area contributed by atoms with Gasteiger partial charge in [0.15, 0.2) is 0 Å². The van der Waals surface area contributed by atoms with Crippen molar-refractivity contribution >= 4 is 40.7 Å². The number of hydrogen-bond donors (Lipinski definition) is 1. The minimum atomic E-state index is -0.970. The molecule has 0 saturated heterocycles. The Kier molecular flexibility index (Phi) is 8.18. The summed E-state index contributed by atoms with van der Waals surface area (Å²) < 4.78 is 10.2. The lowest BCUT2D eigenvalue weighted by Gasteiger charge is -2.30. The topological polar surface area (TPSA) is 105 Å². The van der Waals surface area contributed by atoms with Gasteiger partial charge in [0.05, 0.1) is 18.4 Å². The molecule has 0 aliphatic heterocycles. The number of ether oxygens (including phenoxy) is 2. The summed E-state index contributed by atoms with van der Waals surface area (Å²) in [4.78, 5) is 32.8. The number of nitrogens with zero attached hydrogens (tertiary/aromatic N) is 3. The second kappa shape index (κ2) is 9.86. The SMILES string of the molecule is CC(=O)OCCN(C(=O)OC(C)(C)C)C(C=Nc1cccnc1)C(=N)Cl. The summed E-state index contributed by atoms with van der Waals surface area (Å²) in [7, 11) is 0. The van der Waals surface area contributed by atoms with Gasteiger partial charge in [-0.3, -0.25) is 25.1 Å². The molecule has 1 amide bonds. The van der Waals surface area contributed by atoms with Gasteiger partial charge in [0.25, 0.3) is 0 Å². The average Bonchev–Trinajstić information content (AvgIpc) is 2.52. The molecule has 0 radical (unpaired) electrons. The first-order valence-corrected chi connectivity index (χ1v) is 8.29. The molecule has 0 aliphatic carbocycles. The second-order valence-corrected chi connectivity index (χ2v) is 6.70. The van der Waals surface area contributed by atoms with E-state index in [9.17, 15) is 9.59 Å². The number of rotatable bonds is 7. The lowest BCUT2D eigenvalue weighted by Crippen LogP contribution is -2.48. The Bertz CT molecular complexity index is 658. The molecule has 9 heteroatoms. The molecule has 1 rings (SSSR count). The van der Waals surface area contributed by atoms with E-state index in [0.717, 1.165) is 0 Å². The van der Waals surface area contributed by atoms with Gasteiger partial charge in [-0.25, -0.2) is 4.79 Å². The third kappa shape index (κ3) is 8.06. The van der Waals surface area contributed by atoms with Crippen molar-refractivity contribution in [2.45, 2.75) is 39.3 Å². The number of hydrogen-bond acceptors (Lipinski definition) is 7. The Hall–Kier alpha value is -2.48. The lowest BCUT2D eigenvalue weighted by molar-refractivity contribution is -0.141. The Morgan fingerprint density at radius 2 is 2.15 bits per heavy atom. The molecule has 142 valence electrons. The molecule has 26 heavy (non-hydrogen) atoms. The molecule has 0 spiro atoms. The number of aliphatic imine (C=N–C) groups is 1. The van der Waals surface area contributed by atoms with Crippen LogP contribution in [0.4, 0.5) is 10.5 Å². The highest BCUT2D eigenvalue weighted by Gasteiger charge is 2.29. The standard InChI is InChI=1S/C17H23ClN4O4/c1-12(23)25-9-8-22(16(24)26-17(2,3)4)14(15(18)19)11-21-13-6-5-7-20-10-13/h5-7,10-11,14,19H,8-9H2,1-4H3. The summed E-state index contributed by atoms with van der Waals surface area (Å²) in [6.07, 6.45) is 3.79. The van der Waals surface area contributed by atoms with Crippen LogP contribution in [0.5, 0.6) is 0 Å². The summed E-state index contributed by atoms with van der Waals surface area (Å²) in [6.45, 7) is 6.37. The summed E-state index contributed by atoms with van der Waals surface area (Å²) in [6, 6.07) is 2.46. The average molecular weight is 383 g/mol. The monoisotopic (exact) mass is 382 g/mol. The van der Waals surface area contributed by atoms with Gasteiger partial charge in [0.2, 0.25) is 0 Å². The van der Waals surface area contributed by atoms with Gasteiger partial charge in [-0.1, -0.05) is 11.6 Å². The lowest BCUT2D eigenvalue weighted by atomic mass is 10.2. The fourth-order valence-electron chi connectivity index (χ4n) is 1.82. The molecule has 8 nitrogen and oxygen atoms in total. The van der Waals surface area contributed by atoms with Crippen LogP contribution in [0.1, 0.15) is 27.7 Å². The van der Waals surface area contributed by atoms with Gasteiger partial charge in [-0.2, -0.15) is 0 Å². The van der Waals surface area contributed by atoms with Crippen LogP contribution < -0.4 is 0 Å². The largest absolute Gasteiger partial charge is 0.464 e. The van der Waals surface area contributed by atoms with Gasteiger partial charge >= 0.3 is 12.1 Å². The van der Waals surface area contributed by atoms with Crippen LogP contribution in [0, 0.1) is 5.41 Å². The number of carbonyl (C=O) groups is 2. The molecule has 1 unspecified atom stereocenters. The molecule has 1 atom stereocenters. The highest BCUT2D eigenvalue weighted by molar-refractivity contribution is 6.67. The van der Waals surface area contributed by atoms with Crippen molar-refractivity contribution in [1.82, 2.24) is 9.88 Å². The molecule has 1 aromatic rings. The number of aromatic nitrogens is 1. The van der Waals surface area contributed by atoms with Crippen LogP contribution in [0.15, 0.2) is 29.5 Å². The third-order valence-corrected chi connectivity index (χ3v) is 3.10. The zero-order chi connectivity index (χ0) is 19.7. The number of amides is 1. The summed E-state index contributed by atoms with van der Waals surface area (Å²) in [5.74, 6) is -0.476. The fraction of sp³-hybridized carbons (Fsp3) is 0.471. The van der Waals surface area contributed by atoms with Gasteiger partial charge < -0.3 is 9.47 Å². The normalized spacial score (nSPS) is 12.5. The highest BCUT2D eigenvalue weighted by atomic mass is 35.5. The van der Waals surface area contributed by atoms with E-state index in [1.807, 2.05) is 0 Å². The van der Waals surface area contributed by atoms with Crippen molar-refractivity contribution in [2.24, 2.45) is 4.99 Å². The van der Waals surface area contributed by atoms with Crippen LogP contribution in [0.2, 0.25) is 0 Å². The summed E-state index contributed by atoms with van der Waals surface area (Å²) >= 11 is 5.88. The fourth-order valence-corrected chi connectivity index (χ4v) is 2.00. The van der Waals surface area contributed by atoms with Crippen molar-refractivity contribution in [2.75, 3.05) is 13.2 Å². The van der Waals surface area contributed by atoms with Crippen LogP contribution in [0.25, 0.3) is 0 Å². The number of pyridine rings is 1. The first kappa shape index (κ1) is 21.6. The van der Waals surface area contributed by atoms with Crippen LogP contribution in [0.3, 0.4) is 0 Å². The van der Waals surface area contributed by atoms with E-state index in [-0.39, 0.29) is 18.3 Å². The van der Waals surface area contributed by atoms with Crippen molar-refractivity contribution in [1.29, 1.82) is 5.41 Å². The van der Waals surface area contributed by atoms with Gasteiger partial charge in [-0.15, -0.1) is 0 Å². The zero-order valence-electron chi connectivity index (χ0n) is 15.2. The number of esters is 1. The Balaban J connectivity index is 3.03. The predicted octanol–water partition coefficient (Wildman–Crippen LogP) is 3.17. The molecule has 0 bridgehead atoms. The Morgan fingerprint density at radius 3 is 2.65 bits per heavy atom. The maximum Gasteiger partial charge on any atom is 0.411 e. The second-order valence-electron chi connectivity index (χ2n) is 6.30. The number of carbonyl (C=O) groups excluding carboxylic acids is 2. The van der Waals surface area contributed by atoms with Crippen LogP contribution >= 0.6 is 11.6 Å². The molecule has 1 heterocycles. The van der Waals surface area contributed by atoms with E-state index in [1.54, 1.807) is 39.1 Å². The maximum atomic E-state index is 12.5. The smallest absolute Gasteiger partial charge is 0.411 e. The van der Waals surface area contributed by atoms with E-state index >= 15 is 0 Å². The molecular weight excluding hydrogens is 360 g/mol. The van der Waals surface area contributed by atoms with E-state index in [1.165, 1.54) is 24.2 Å². The molecule has 0 aliphatic rings. The molecular formula is C17H23ClN4O4. The van der Waals surface area contributed by atoms with Crippen LogP contribution in [-0.2, 0) is 14.3 Å². The van der Waals surface area contributed by atoms with Gasteiger partial charge in [-0.05, 0) is 32.9 Å². The van der Waals surface area contributed by atoms with Crippen molar-refractivity contribution in [3.8, 4) is 0 Å². The van der Waals surface area contributed by atoms with Crippen molar-refractivity contribution < 1.29 is 19.1 Å². The Morgan fingerprint density at radius 1 is 1.46 bits per heavy atom. The summed E-state index contributed by atoms with van der Waals surface area (Å²) in [5, 5.41) is 7.47. The van der Waals surface area contributed by atoms with Gasteiger partial charge in [0, 0.05) is 19.3 Å². The predicted molar refractivity (Wildman–Crippen MR) is 99.3 cm³/mol. The first-order chi connectivity index (χ1) is 12.1. The van der Waals surface area contributed by atoms with Crippen molar-refractivity contribution in [3.63, 3.8) is 0 Å². The molecule has 0 fully saturated rings. The van der Waals surface area contributed by atoms with E-state index in [0.29, 0.717) is 5.69 Å². The summed E-state index contributed by atoms with van der Waals surface area (Å²) in [5.41, 5.74) is -0.199. The third-order valence-electron chi connectivity index (χ3n) is 2.87. The highest BCUT2D eigenvalue weighted by Crippen LogP contribution is 2.14. The quantitative estimate of drug-likeness (QED) is 0.576. The zero-order valence-corrected chi connectivity index (χ0v) is 16.0. The maximum absolute atomic E-state index is 12.5. The Labute approximate surface area is 157 Å². The number of nitrogens with one attached hydrogen (secondary N) is 1. The van der Waals surface area contributed by atoms with Crippen molar-refractivity contribution in [3.05, 3.63) is 24.5 Å². The minimum Gasteiger partial charge on any atom is -0.464 e. The molecule has 0 saturated carbocycles. The minimum absolute atomic E-state index is 0.00663. The van der Waals surface area contributed by atoms with E-state index in [2.05, 4.69) is 9.98 Å². The molecule has 1 aromatic heterocycles.